The number of amides is 1. The Hall–Kier alpha value is -2.35. The molecule has 9 heteroatoms. The van der Waals surface area contributed by atoms with Crippen LogP contribution in [0.3, 0.4) is 0 Å². The molecule has 0 atom stereocenters. The molecule has 1 aliphatic heterocycles. The van der Waals surface area contributed by atoms with Gasteiger partial charge in [-0.3, -0.25) is 9.59 Å². The standard InChI is InChI=1S/C16H18ClN5O3/c17-10-7-11(19-12(23)8-10)14-20-21-15(25-14)18-9-13(24)22-5-3-16(1-2-16)4-6-22/h7-8H,1-6,9H2,(H,18,21)(H,19,23). The molecule has 2 aliphatic rings. The lowest BCUT2D eigenvalue weighted by atomic mass is 9.94. The van der Waals surface area contributed by atoms with Gasteiger partial charge in [0.1, 0.15) is 5.69 Å². The van der Waals surface area contributed by atoms with Crippen LogP contribution in [0.5, 0.6) is 0 Å². The van der Waals surface area contributed by atoms with Crippen LogP contribution in [0, 0.1) is 5.41 Å². The number of rotatable bonds is 4. The summed E-state index contributed by atoms with van der Waals surface area (Å²) in [6.45, 7) is 1.74. The third-order valence-corrected chi connectivity index (χ3v) is 5.21. The second kappa shape index (κ2) is 6.18. The van der Waals surface area contributed by atoms with Crippen LogP contribution in [0.2, 0.25) is 5.02 Å². The summed E-state index contributed by atoms with van der Waals surface area (Å²) in [4.78, 5) is 28.2. The van der Waals surface area contributed by atoms with Gasteiger partial charge in [-0.05, 0) is 37.2 Å². The molecule has 4 rings (SSSR count). The molecule has 2 N–H and O–H groups in total. The van der Waals surface area contributed by atoms with Gasteiger partial charge in [-0.2, -0.15) is 0 Å². The largest absolute Gasteiger partial charge is 0.402 e. The Morgan fingerprint density at radius 3 is 2.72 bits per heavy atom. The molecule has 2 aromatic rings. The molecule has 2 aromatic heterocycles. The predicted molar refractivity (Wildman–Crippen MR) is 91.3 cm³/mol. The minimum Gasteiger partial charge on any atom is -0.402 e. The van der Waals surface area contributed by atoms with Crippen molar-refractivity contribution < 1.29 is 9.21 Å². The van der Waals surface area contributed by atoms with Gasteiger partial charge in [0.25, 0.3) is 5.89 Å². The van der Waals surface area contributed by atoms with E-state index in [0.29, 0.717) is 11.1 Å². The van der Waals surface area contributed by atoms with E-state index in [1.807, 2.05) is 4.90 Å². The van der Waals surface area contributed by atoms with E-state index in [0.717, 1.165) is 25.9 Å². The van der Waals surface area contributed by atoms with E-state index in [2.05, 4.69) is 20.5 Å². The first-order valence-electron chi connectivity index (χ1n) is 8.28. The summed E-state index contributed by atoms with van der Waals surface area (Å²) in [6, 6.07) is 2.90. The van der Waals surface area contributed by atoms with Gasteiger partial charge in [-0.1, -0.05) is 16.7 Å². The second-order valence-corrected chi connectivity index (χ2v) is 7.16. The Morgan fingerprint density at radius 1 is 1.28 bits per heavy atom. The van der Waals surface area contributed by atoms with Crippen molar-refractivity contribution in [3.63, 3.8) is 0 Å². The van der Waals surface area contributed by atoms with Gasteiger partial charge in [0.15, 0.2) is 0 Å². The summed E-state index contributed by atoms with van der Waals surface area (Å²) < 4.78 is 5.43. The summed E-state index contributed by atoms with van der Waals surface area (Å²) in [7, 11) is 0. The molecule has 0 bridgehead atoms. The first-order valence-corrected chi connectivity index (χ1v) is 8.66. The fraction of sp³-hybridized carbons (Fsp3) is 0.500. The highest BCUT2D eigenvalue weighted by atomic mass is 35.5. The third-order valence-electron chi connectivity index (χ3n) is 4.99. The van der Waals surface area contributed by atoms with Crippen molar-refractivity contribution in [1.29, 1.82) is 0 Å². The van der Waals surface area contributed by atoms with Gasteiger partial charge < -0.3 is 19.6 Å². The zero-order valence-electron chi connectivity index (χ0n) is 13.5. The summed E-state index contributed by atoms with van der Waals surface area (Å²) >= 11 is 5.84. The summed E-state index contributed by atoms with van der Waals surface area (Å²) in [5.41, 5.74) is 0.512. The van der Waals surface area contributed by atoms with E-state index < -0.39 is 0 Å². The lowest BCUT2D eigenvalue weighted by Gasteiger charge is -2.32. The fourth-order valence-corrected chi connectivity index (χ4v) is 3.41. The maximum Gasteiger partial charge on any atom is 0.316 e. The van der Waals surface area contributed by atoms with E-state index >= 15 is 0 Å². The SMILES string of the molecule is O=C(CNc1nnc(-c2cc(Cl)cc(=O)[nH]2)o1)N1CCC2(CC1)CC2. The molecule has 132 valence electrons. The molecule has 1 aliphatic carbocycles. The predicted octanol–water partition coefficient (Wildman–Crippen LogP) is 1.89. The van der Waals surface area contributed by atoms with Crippen LogP contribution >= 0.6 is 11.6 Å². The fourth-order valence-electron chi connectivity index (χ4n) is 3.20. The first-order chi connectivity index (χ1) is 12.0. The van der Waals surface area contributed by atoms with Crippen molar-refractivity contribution >= 4 is 23.5 Å². The number of aromatic nitrogens is 3. The van der Waals surface area contributed by atoms with E-state index in [9.17, 15) is 9.59 Å². The lowest BCUT2D eigenvalue weighted by Crippen LogP contribution is -2.41. The number of hydrogen-bond donors (Lipinski definition) is 2. The number of hydrogen-bond acceptors (Lipinski definition) is 6. The Labute approximate surface area is 148 Å². The minimum atomic E-state index is -0.357. The molecule has 2 fully saturated rings. The summed E-state index contributed by atoms with van der Waals surface area (Å²) in [6.07, 6.45) is 4.82. The van der Waals surface area contributed by atoms with Crippen LogP contribution in [-0.4, -0.2) is 45.6 Å². The van der Waals surface area contributed by atoms with Crippen molar-refractivity contribution in [3.8, 4) is 11.6 Å². The minimum absolute atomic E-state index is 0.0198. The molecular weight excluding hydrogens is 346 g/mol. The number of likely N-dealkylation sites (tertiary alicyclic amines) is 1. The Kier molecular flexibility index (Phi) is 3.99. The van der Waals surface area contributed by atoms with Gasteiger partial charge >= 0.3 is 6.01 Å². The highest BCUT2D eigenvalue weighted by Crippen LogP contribution is 2.53. The lowest BCUT2D eigenvalue weighted by molar-refractivity contribution is -0.130. The number of nitrogens with one attached hydrogen (secondary N) is 2. The summed E-state index contributed by atoms with van der Waals surface area (Å²) in [5.74, 6) is 0.148. The molecule has 1 spiro atoms. The number of nitrogens with zero attached hydrogens (tertiary/aromatic N) is 3. The molecule has 0 radical (unpaired) electrons. The van der Waals surface area contributed by atoms with Crippen LogP contribution in [-0.2, 0) is 4.79 Å². The normalized spacial score (nSPS) is 18.4. The van der Waals surface area contributed by atoms with Crippen LogP contribution in [0.4, 0.5) is 6.01 Å². The van der Waals surface area contributed by atoms with Crippen molar-refractivity contribution in [3.05, 3.63) is 27.5 Å². The molecular formula is C16H18ClN5O3. The molecule has 1 saturated carbocycles. The second-order valence-electron chi connectivity index (χ2n) is 6.72. The Balaban J connectivity index is 1.35. The molecule has 0 unspecified atom stereocenters. The van der Waals surface area contributed by atoms with E-state index in [1.54, 1.807) is 0 Å². The zero-order chi connectivity index (χ0) is 17.4. The van der Waals surface area contributed by atoms with Crippen LogP contribution in [0.15, 0.2) is 21.3 Å². The third kappa shape index (κ3) is 3.53. The monoisotopic (exact) mass is 363 g/mol. The number of H-pyrrole nitrogens is 1. The Morgan fingerprint density at radius 2 is 2.04 bits per heavy atom. The maximum atomic E-state index is 12.3. The van der Waals surface area contributed by atoms with Crippen LogP contribution in [0.25, 0.3) is 11.6 Å². The number of piperidine rings is 1. The molecule has 1 saturated heterocycles. The average molecular weight is 364 g/mol. The van der Waals surface area contributed by atoms with Crippen molar-refractivity contribution in [2.24, 2.45) is 5.41 Å². The van der Waals surface area contributed by atoms with E-state index in [1.165, 1.54) is 25.0 Å². The molecule has 1 amide bonds. The van der Waals surface area contributed by atoms with Gasteiger partial charge in [0.05, 0.1) is 6.54 Å². The highest BCUT2D eigenvalue weighted by Gasteiger charge is 2.44. The first kappa shape index (κ1) is 16.1. The molecule has 25 heavy (non-hydrogen) atoms. The zero-order valence-corrected chi connectivity index (χ0v) is 14.3. The molecule has 8 nitrogen and oxygen atoms in total. The Bertz CT molecular complexity index is 847. The van der Waals surface area contributed by atoms with Crippen molar-refractivity contribution in [2.75, 3.05) is 25.0 Å². The van der Waals surface area contributed by atoms with Gasteiger partial charge in [-0.15, -0.1) is 5.10 Å². The van der Waals surface area contributed by atoms with Crippen molar-refractivity contribution in [1.82, 2.24) is 20.1 Å². The number of anilines is 1. The number of carbonyl (C=O) groups is 1. The van der Waals surface area contributed by atoms with E-state index in [-0.39, 0.29) is 34.9 Å². The van der Waals surface area contributed by atoms with E-state index in [4.69, 9.17) is 16.0 Å². The molecule has 0 aromatic carbocycles. The maximum absolute atomic E-state index is 12.3. The van der Waals surface area contributed by atoms with Crippen molar-refractivity contribution in [2.45, 2.75) is 25.7 Å². The average Bonchev–Trinajstić information content (AvgIpc) is 3.17. The number of aromatic amines is 1. The van der Waals surface area contributed by atoms with Gasteiger partial charge in [0.2, 0.25) is 11.5 Å². The number of halogens is 1. The topological polar surface area (TPSA) is 104 Å². The number of carbonyl (C=O) groups excluding carboxylic acids is 1. The quantitative estimate of drug-likeness (QED) is 0.859. The number of pyridine rings is 1. The van der Waals surface area contributed by atoms with Gasteiger partial charge in [-0.25, -0.2) is 0 Å². The smallest absolute Gasteiger partial charge is 0.316 e. The summed E-state index contributed by atoms with van der Waals surface area (Å²) in [5, 5.41) is 10.8. The highest BCUT2D eigenvalue weighted by molar-refractivity contribution is 6.30. The van der Waals surface area contributed by atoms with Crippen LogP contribution in [0.1, 0.15) is 25.7 Å². The van der Waals surface area contributed by atoms with Gasteiger partial charge in [0, 0.05) is 24.2 Å². The van der Waals surface area contributed by atoms with Crippen LogP contribution < -0.4 is 10.9 Å². The molecule has 3 heterocycles.